The van der Waals surface area contributed by atoms with Crippen molar-refractivity contribution in [3.8, 4) is 0 Å². The van der Waals surface area contributed by atoms with Gasteiger partial charge in [0, 0.05) is 0 Å². The van der Waals surface area contributed by atoms with Crippen LogP contribution in [0.2, 0.25) is 0 Å². The lowest BCUT2D eigenvalue weighted by molar-refractivity contribution is 0.102. The number of hydrogen-bond donors (Lipinski definition) is 0. The molecule has 0 aromatic carbocycles. The van der Waals surface area contributed by atoms with Gasteiger partial charge in [0.2, 0.25) is 0 Å². The molecule has 0 bridgehead atoms. The van der Waals surface area contributed by atoms with Crippen molar-refractivity contribution in [1.82, 2.24) is 0 Å². The Morgan fingerprint density at radius 1 is 1.64 bits per heavy atom. The maximum absolute atomic E-state index is 5.32. The third-order valence-corrected chi connectivity index (χ3v) is 1.80. The molecule has 3 heteroatoms. The van der Waals surface area contributed by atoms with E-state index in [9.17, 15) is 0 Å². The zero-order valence-corrected chi connectivity index (χ0v) is 6.58. The first-order valence-electron chi connectivity index (χ1n) is 3.92. The van der Waals surface area contributed by atoms with Crippen molar-refractivity contribution in [2.45, 2.75) is 19.1 Å². The predicted molar refractivity (Wildman–Crippen MR) is 39.2 cm³/mol. The molecular weight excluding hydrogens is 144 g/mol. The van der Waals surface area contributed by atoms with Crippen molar-refractivity contribution in [3.05, 3.63) is 11.8 Å². The second-order valence-corrected chi connectivity index (χ2v) is 2.79. The molecule has 0 saturated carbocycles. The standard InChI is InChI=1S/C8H12O3/c1-2-7-8(11-7)5-9-3-6-4-10-6/h2,6,8H,3-5H2,1H3/b7-2-. The Bertz CT molecular complexity index is 172. The van der Waals surface area contributed by atoms with E-state index in [1.54, 1.807) is 0 Å². The van der Waals surface area contributed by atoms with Crippen LogP contribution in [0.15, 0.2) is 11.8 Å². The van der Waals surface area contributed by atoms with Gasteiger partial charge < -0.3 is 14.2 Å². The number of allylic oxidation sites excluding steroid dienone is 1. The van der Waals surface area contributed by atoms with Gasteiger partial charge in [-0.3, -0.25) is 0 Å². The molecule has 2 heterocycles. The number of ether oxygens (including phenoxy) is 3. The molecular formula is C8H12O3. The zero-order chi connectivity index (χ0) is 7.68. The van der Waals surface area contributed by atoms with Gasteiger partial charge in [-0.15, -0.1) is 0 Å². The Hall–Kier alpha value is -0.540. The topological polar surface area (TPSA) is 34.3 Å². The lowest BCUT2D eigenvalue weighted by Crippen LogP contribution is -2.06. The van der Waals surface area contributed by atoms with Gasteiger partial charge >= 0.3 is 0 Å². The summed E-state index contributed by atoms with van der Waals surface area (Å²) in [6, 6.07) is 0. The van der Waals surface area contributed by atoms with E-state index in [1.807, 2.05) is 13.0 Å². The van der Waals surface area contributed by atoms with Crippen LogP contribution in [0.4, 0.5) is 0 Å². The van der Waals surface area contributed by atoms with Gasteiger partial charge in [0.05, 0.1) is 19.8 Å². The Labute approximate surface area is 65.9 Å². The lowest BCUT2D eigenvalue weighted by Gasteiger charge is -1.94. The molecule has 2 unspecified atom stereocenters. The fourth-order valence-corrected chi connectivity index (χ4v) is 0.971. The highest BCUT2D eigenvalue weighted by Crippen LogP contribution is 2.26. The molecule has 2 aliphatic heterocycles. The summed E-state index contributed by atoms with van der Waals surface area (Å²) >= 11 is 0. The second kappa shape index (κ2) is 2.83. The van der Waals surface area contributed by atoms with Gasteiger partial charge in [-0.05, 0) is 13.0 Å². The summed E-state index contributed by atoms with van der Waals surface area (Å²) in [5.41, 5.74) is 0. The van der Waals surface area contributed by atoms with Crippen molar-refractivity contribution in [2.24, 2.45) is 0 Å². The molecule has 2 fully saturated rings. The summed E-state index contributed by atoms with van der Waals surface area (Å²) in [7, 11) is 0. The van der Waals surface area contributed by atoms with Gasteiger partial charge in [0.1, 0.15) is 11.9 Å². The van der Waals surface area contributed by atoms with E-state index in [-0.39, 0.29) is 6.10 Å². The predicted octanol–water partition coefficient (Wildman–Crippen LogP) is 0.704. The van der Waals surface area contributed by atoms with E-state index in [0.29, 0.717) is 12.7 Å². The monoisotopic (exact) mass is 156 g/mol. The highest BCUT2D eigenvalue weighted by molar-refractivity contribution is 5.12. The molecule has 3 nitrogen and oxygen atoms in total. The average molecular weight is 156 g/mol. The molecule has 0 radical (unpaired) electrons. The van der Waals surface area contributed by atoms with E-state index >= 15 is 0 Å². The molecule has 0 spiro atoms. The Morgan fingerprint density at radius 2 is 2.45 bits per heavy atom. The van der Waals surface area contributed by atoms with Crippen molar-refractivity contribution >= 4 is 0 Å². The Kier molecular flexibility index (Phi) is 1.84. The van der Waals surface area contributed by atoms with Crippen molar-refractivity contribution in [2.75, 3.05) is 19.8 Å². The van der Waals surface area contributed by atoms with Gasteiger partial charge in [0.15, 0.2) is 6.10 Å². The van der Waals surface area contributed by atoms with Crippen LogP contribution in [0.25, 0.3) is 0 Å². The molecule has 0 aromatic heterocycles. The fourth-order valence-electron chi connectivity index (χ4n) is 0.971. The average Bonchev–Trinajstić information content (AvgIpc) is 2.79. The van der Waals surface area contributed by atoms with Crippen LogP contribution in [0.1, 0.15) is 6.92 Å². The van der Waals surface area contributed by atoms with Crippen LogP contribution in [0.5, 0.6) is 0 Å². The van der Waals surface area contributed by atoms with Crippen LogP contribution >= 0.6 is 0 Å². The van der Waals surface area contributed by atoms with Crippen LogP contribution in [-0.4, -0.2) is 32.0 Å². The van der Waals surface area contributed by atoms with Gasteiger partial charge in [-0.2, -0.15) is 0 Å². The summed E-state index contributed by atoms with van der Waals surface area (Å²) in [4.78, 5) is 0. The summed E-state index contributed by atoms with van der Waals surface area (Å²) in [5, 5.41) is 0. The first-order valence-corrected chi connectivity index (χ1v) is 3.92. The van der Waals surface area contributed by atoms with Crippen molar-refractivity contribution in [1.29, 1.82) is 0 Å². The second-order valence-electron chi connectivity index (χ2n) is 2.79. The maximum Gasteiger partial charge on any atom is 0.178 e. The van der Waals surface area contributed by atoms with Crippen molar-refractivity contribution in [3.63, 3.8) is 0 Å². The summed E-state index contributed by atoms with van der Waals surface area (Å²) in [6.07, 6.45) is 2.57. The van der Waals surface area contributed by atoms with Crippen LogP contribution in [0.3, 0.4) is 0 Å². The SMILES string of the molecule is C/C=C1\OC1COCC1CO1. The molecule has 11 heavy (non-hydrogen) atoms. The van der Waals surface area contributed by atoms with Gasteiger partial charge in [-0.1, -0.05) is 0 Å². The van der Waals surface area contributed by atoms with Crippen LogP contribution in [-0.2, 0) is 14.2 Å². The summed E-state index contributed by atoms with van der Waals surface area (Å²) in [5.74, 6) is 1.06. The molecule has 2 rings (SSSR count). The number of rotatable bonds is 4. The maximum atomic E-state index is 5.32. The van der Waals surface area contributed by atoms with E-state index < -0.39 is 0 Å². The first-order chi connectivity index (χ1) is 5.40. The zero-order valence-electron chi connectivity index (χ0n) is 6.58. The van der Waals surface area contributed by atoms with E-state index in [2.05, 4.69) is 0 Å². The first kappa shape index (κ1) is 7.13. The molecule has 0 amide bonds. The minimum atomic E-state index is 0.235. The number of hydrogen-bond acceptors (Lipinski definition) is 3. The highest BCUT2D eigenvalue weighted by atomic mass is 16.6. The minimum absolute atomic E-state index is 0.235. The van der Waals surface area contributed by atoms with Gasteiger partial charge in [0.25, 0.3) is 0 Å². The largest absolute Gasteiger partial charge is 0.481 e. The quantitative estimate of drug-likeness (QED) is 0.562. The van der Waals surface area contributed by atoms with E-state index in [0.717, 1.165) is 19.0 Å². The normalized spacial score (nSPS) is 37.0. The lowest BCUT2D eigenvalue weighted by atomic mass is 10.4. The summed E-state index contributed by atoms with van der Waals surface area (Å²) in [6.45, 7) is 4.23. The third-order valence-electron chi connectivity index (χ3n) is 1.80. The molecule has 0 N–H and O–H groups in total. The van der Waals surface area contributed by atoms with E-state index in [1.165, 1.54) is 0 Å². The third kappa shape index (κ3) is 1.94. The number of epoxide rings is 2. The molecule has 2 atom stereocenters. The van der Waals surface area contributed by atoms with Crippen LogP contribution in [0, 0.1) is 0 Å². The minimum Gasteiger partial charge on any atom is -0.481 e. The molecule has 0 aliphatic carbocycles. The van der Waals surface area contributed by atoms with Crippen molar-refractivity contribution < 1.29 is 14.2 Å². The molecule has 62 valence electrons. The molecule has 2 saturated heterocycles. The van der Waals surface area contributed by atoms with Crippen LogP contribution < -0.4 is 0 Å². The highest BCUT2D eigenvalue weighted by Gasteiger charge is 2.32. The molecule has 0 aromatic rings. The molecule has 2 aliphatic rings. The van der Waals surface area contributed by atoms with E-state index in [4.69, 9.17) is 14.2 Å². The Morgan fingerprint density at radius 3 is 3.00 bits per heavy atom. The smallest absolute Gasteiger partial charge is 0.178 e. The fraction of sp³-hybridized carbons (Fsp3) is 0.750. The summed E-state index contributed by atoms with van der Waals surface area (Å²) < 4.78 is 15.5. The van der Waals surface area contributed by atoms with Gasteiger partial charge in [-0.25, -0.2) is 0 Å². The Balaban J connectivity index is 1.54.